The number of nitrogens with one attached hydrogen (secondary N) is 1. The van der Waals surface area contributed by atoms with E-state index in [0.717, 1.165) is 22.3 Å². The van der Waals surface area contributed by atoms with Crippen molar-refractivity contribution in [2.24, 2.45) is 0 Å². The molecule has 0 radical (unpaired) electrons. The second kappa shape index (κ2) is 4.54. The van der Waals surface area contributed by atoms with Gasteiger partial charge in [-0.05, 0) is 24.1 Å². The van der Waals surface area contributed by atoms with Gasteiger partial charge in [-0.25, -0.2) is 0 Å². The number of alkyl halides is 1. The van der Waals surface area contributed by atoms with E-state index >= 15 is 0 Å². The maximum atomic E-state index is 3.98. The van der Waals surface area contributed by atoms with E-state index in [0.29, 0.717) is 4.83 Å². The van der Waals surface area contributed by atoms with Crippen molar-refractivity contribution in [2.45, 2.75) is 11.2 Å². The molecule has 0 aromatic heterocycles. The summed E-state index contributed by atoms with van der Waals surface area (Å²) in [4.78, 5) is 0.344. The molecule has 15 heavy (non-hydrogen) atoms. The van der Waals surface area contributed by atoms with Crippen molar-refractivity contribution in [1.29, 1.82) is 0 Å². The fourth-order valence-corrected chi connectivity index (χ4v) is 2.05. The summed E-state index contributed by atoms with van der Waals surface area (Å²) < 4.78 is 1.10. The molecule has 3 heteroatoms. The van der Waals surface area contributed by atoms with Crippen molar-refractivity contribution in [3.05, 3.63) is 52.7 Å². The molecule has 1 aromatic rings. The van der Waals surface area contributed by atoms with Crippen molar-refractivity contribution in [3.63, 3.8) is 0 Å². The van der Waals surface area contributed by atoms with Crippen LogP contribution >= 0.6 is 31.9 Å². The Labute approximate surface area is 107 Å². The Morgan fingerprint density at radius 1 is 1.27 bits per heavy atom. The maximum Gasteiger partial charge on any atom is 0.0575 e. The van der Waals surface area contributed by atoms with Gasteiger partial charge in [-0.1, -0.05) is 56.6 Å². The smallest absolute Gasteiger partial charge is 0.0575 e. The van der Waals surface area contributed by atoms with Crippen molar-refractivity contribution < 1.29 is 0 Å². The first-order valence-electron chi connectivity index (χ1n) is 4.73. The molecular weight excluding hydrogens is 318 g/mol. The Morgan fingerprint density at radius 2 is 1.93 bits per heavy atom. The summed E-state index contributed by atoms with van der Waals surface area (Å²) >= 11 is 6.98. The molecular formula is C12H11Br2N. The lowest BCUT2D eigenvalue weighted by molar-refractivity contribution is 0.887. The molecule has 2 rings (SSSR count). The number of rotatable bonds is 1. The first-order valence-corrected chi connectivity index (χ1v) is 6.43. The highest BCUT2D eigenvalue weighted by atomic mass is 79.9. The molecule has 1 aromatic carbocycles. The van der Waals surface area contributed by atoms with Crippen LogP contribution in [-0.2, 0) is 0 Å². The van der Waals surface area contributed by atoms with Crippen LogP contribution in [0.3, 0.4) is 0 Å². The minimum Gasteiger partial charge on any atom is -0.358 e. The molecule has 0 spiro atoms. The summed E-state index contributed by atoms with van der Waals surface area (Å²) in [6, 6.07) is 8.26. The van der Waals surface area contributed by atoms with Crippen molar-refractivity contribution in [2.75, 3.05) is 0 Å². The van der Waals surface area contributed by atoms with Crippen LogP contribution in [0.1, 0.15) is 12.0 Å². The van der Waals surface area contributed by atoms with Crippen molar-refractivity contribution >= 4 is 37.6 Å². The second-order valence-electron chi connectivity index (χ2n) is 3.48. The number of hydrogen-bond donors (Lipinski definition) is 1. The highest BCUT2D eigenvalue weighted by Gasteiger charge is 2.15. The fourth-order valence-electron chi connectivity index (χ4n) is 1.49. The third kappa shape index (κ3) is 2.52. The number of hydrogen-bond acceptors (Lipinski definition) is 1. The number of benzene rings is 1. The topological polar surface area (TPSA) is 12.0 Å². The normalized spacial score (nSPS) is 20.8. The van der Waals surface area contributed by atoms with E-state index in [1.165, 1.54) is 5.56 Å². The van der Waals surface area contributed by atoms with Crippen LogP contribution in [0.15, 0.2) is 47.1 Å². The van der Waals surface area contributed by atoms with Crippen molar-refractivity contribution in [1.82, 2.24) is 5.32 Å². The van der Waals surface area contributed by atoms with E-state index in [4.69, 9.17) is 0 Å². The van der Waals surface area contributed by atoms with Gasteiger partial charge in [-0.3, -0.25) is 0 Å². The molecule has 1 aliphatic heterocycles. The molecule has 1 N–H and O–H groups in total. The van der Waals surface area contributed by atoms with Crippen LogP contribution in [0.2, 0.25) is 0 Å². The standard InChI is InChI=1S/C12H11Br2N/c1-8-11(14)6-7-12(15-8)9-2-4-10(13)5-3-9/h2-5,7,11,15H,1,6H2. The van der Waals surface area contributed by atoms with E-state index in [1.807, 2.05) is 12.1 Å². The average Bonchev–Trinajstić information content (AvgIpc) is 2.23. The van der Waals surface area contributed by atoms with Gasteiger partial charge in [-0.15, -0.1) is 0 Å². The molecule has 0 amide bonds. The van der Waals surface area contributed by atoms with E-state index < -0.39 is 0 Å². The quantitative estimate of drug-likeness (QED) is 0.766. The highest BCUT2D eigenvalue weighted by Crippen LogP contribution is 2.25. The lowest BCUT2D eigenvalue weighted by Gasteiger charge is -2.22. The molecule has 0 aliphatic carbocycles. The molecule has 0 saturated heterocycles. The van der Waals surface area contributed by atoms with E-state index in [2.05, 4.69) is 62.0 Å². The summed E-state index contributed by atoms with van der Waals surface area (Å²) in [5, 5.41) is 3.31. The summed E-state index contributed by atoms with van der Waals surface area (Å²) in [6.45, 7) is 3.98. The Hall–Kier alpha value is -0.540. The van der Waals surface area contributed by atoms with Gasteiger partial charge in [0, 0.05) is 15.9 Å². The Morgan fingerprint density at radius 3 is 2.53 bits per heavy atom. The van der Waals surface area contributed by atoms with E-state index in [-0.39, 0.29) is 0 Å². The van der Waals surface area contributed by atoms with Crippen LogP contribution in [0.4, 0.5) is 0 Å². The first kappa shape index (κ1) is 11.0. The highest BCUT2D eigenvalue weighted by molar-refractivity contribution is 9.10. The first-order chi connectivity index (χ1) is 7.16. The molecule has 1 aliphatic rings. The average molecular weight is 329 g/mol. The molecule has 1 unspecified atom stereocenters. The van der Waals surface area contributed by atoms with Crippen LogP contribution in [-0.4, -0.2) is 4.83 Å². The van der Waals surface area contributed by atoms with Crippen LogP contribution < -0.4 is 5.32 Å². The van der Waals surface area contributed by atoms with Gasteiger partial charge in [0.05, 0.1) is 4.83 Å². The molecule has 0 saturated carbocycles. The van der Waals surface area contributed by atoms with Gasteiger partial charge < -0.3 is 5.32 Å². The Kier molecular flexibility index (Phi) is 3.32. The second-order valence-corrected chi connectivity index (χ2v) is 5.50. The molecule has 0 bridgehead atoms. The van der Waals surface area contributed by atoms with Gasteiger partial charge in [0.15, 0.2) is 0 Å². The van der Waals surface area contributed by atoms with E-state index in [9.17, 15) is 0 Å². The molecule has 78 valence electrons. The zero-order valence-electron chi connectivity index (χ0n) is 8.13. The van der Waals surface area contributed by atoms with Gasteiger partial charge in [0.1, 0.15) is 0 Å². The van der Waals surface area contributed by atoms with Crippen LogP contribution in [0, 0.1) is 0 Å². The Bertz CT molecular complexity index is 406. The molecule has 1 heterocycles. The third-order valence-electron chi connectivity index (χ3n) is 2.36. The SMILES string of the molecule is C=C1NC(c2ccc(Br)cc2)=CCC1Br. The summed E-state index contributed by atoms with van der Waals surface area (Å²) in [6.07, 6.45) is 3.18. The minimum atomic E-state index is 0.344. The van der Waals surface area contributed by atoms with Crippen LogP contribution in [0.25, 0.3) is 5.70 Å². The van der Waals surface area contributed by atoms with Crippen molar-refractivity contribution in [3.8, 4) is 0 Å². The predicted molar refractivity (Wildman–Crippen MR) is 71.7 cm³/mol. The Balaban J connectivity index is 2.25. The molecule has 0 fully saturated rings. The van der Waals surface area contributed by atoms with Crippen LogP contribution in [0.5, 0.6) is 0 Å². The fraction of sp³-hybridized carbons (Fsp3) is 0.167. The van der Waals surface area contributed by atoms with E-state index in [1.54, 1.807) is 0 Å². The third-order valence-corrected chi connectivity index (χ3v) is 3.81. The van der Waals surface area contributed by atoms with Gasteiger partial charge >= 0.3 is 0 Å². The van der Waals surface area contributed by atoms with Gasteiger partial charge in [0.25, 0.3) is 0 Å². The lowest BCUT2D eigenvalue weighted by Crippen LogP contribution is -2.22. The molecule has 1 nitrogen and oxygen atoms in total. The van der Waals surface area contributed by atoms with Gasteiger partial charge in [-0.2, -0.15) is 0 Å². The maximum absolute atomic E-state index is 3.98. The number of halogens is 2. The summed E-state index contributed by atoms with van der Waals surface area (Å²) in [7, 11) is 0. The largest absolute Gasteiger partial charge is 0.358 e. The summed E-state index contributed by atoms with van der Waals surface area (Å²) in [5.74, 6) is 0. The molecule has 1 atom stereocenters. The van der Waals surface area contributed by atoms with Gasteiger partial charge in [0.2, 0.25) is 0 Å². The lowest BCUT2D eigenvalue weighted by atomic mass is 10.1. The summed E-state index contributed by atoms with van der Waals surface area (Å²) in [5.41, 5.74) is 3.36. The monoisotopic (exact) mass is 327 g/mol. The zero-order valence-corrected chi connectivity index (χ0v) is 11.3. The zero-order chi connectivity index (χ0) is 10.8. The number of allylic oxidation sites excluding steroid dienone is 2. The minimum absolute atomic E-state index is 0.344. The predicted octanol–water partition coefficient (Wildman–Crippen LogP) is 4.06.